The first kappa shape index (κ1) is 35.2. The maximum Gasteiger partial charge on any atom is 0.373 e. The Kier molecular flexibility index (Phi) is 9.78. The summed E-state index contributed by atoms with van der Waals surface area (Å²) in [6, 6.07) is 41.1. The lowest BCUT2D eigenvalue weighted by Gasteiger charge is -2.41. The van der Waals surface area contributed by atoms with Gasteiger partial charge >= 0.3 is 5.97 Å². The monoisotopic (exact) mass is 683 g/mol. The molecular formula is C44H49NO4Si. The number of para-hydroxylation sites is 1. The van der Waals surface area contributed by atoms with Crippen molar-refractivity contribution >= 4 is 46.4 Å². The number of allylic oxidation sites excluding steroid dienone is 1. The molecule has 0 N–H and O–H groups in total. The second kappa shape index (κ2) is 13.9. The fraction of sp³-hybridized carbons (Fsp3) is 0.318. The number of ether oxygens (including phenoxy) is 2. The van der Waals surface area contributed by atoms with Gasteiger partial charge < -0.3 is 9.47 Å². The minimum absolute atomic E-state index is 0.0541. The van der Waals surface area contributed by atoms with Gasteiger partial charge in [0, 0.05) is 24.4 Å². The summed E-state index contributed by atoms with van der Waals surface area (Å²) in [6.45, 7) is 14.2. The molecule has 6 rings (SSSR count). The molecule has 0 saturated carbocycles. The number of aromatic nitrogens is 1. The number of carbonyl (C=O) groups excluding carboxylic acids is 2. The summed E-state index contributed by atoms with van der Waals surface area (Å²) in [6.07, 6.45) is 3.86. The quantitative estimate of drug-likeness (QED) is 0.0940. The molecule has 258 valence electrons. The van der Waals surface area contributed by atoms with Crippen molar-refractivity contribution in [3.8, 4) is 0 Å². The minimum Gasteiger partial charge on any atom is -0.484 e. The first-order chi connectivity index (χ1) is 23.8. The van der Waals surface area contributed by atoms with Crippen molar-refractivity contribution in [3.05, 3.63) is 139 Å². The van der Waals surface area contributed by atoms with Gasteiger partial charge in [0.25, 0.3) is 0 Å². The van der Waals surface area contributed by atoms with Crippen LogP contribution in [0.3, 0.4) is 0 Å². The smallest absolute Gasteiger partial charge is 0.373 e. The van der Waals surface area contributed by atoms with Crippen molar-refractivity contribution in [3.63, 3.8) is 0 Å². The number of carbonyl (C=O) groups is 2. The van der Waals surface area contributed by atoms with Gasteiger partial charge in [-0.25, -0.2) is 4.79 Å². The lowest BCUT2D eigenvalue weighted by atomic mass is 9.74. The Morgan fingerprint density at radius 1 is 0.760 bits per heavy atom. The number of benzene rings is 4. The molecule has 0 aliphatic carbocycles. The lowest BCUT2D eigenvalue weighted by molar-refractivity contribution is -0.164. The molecule has 0 bridgehead atoms. The molecule has 4 aromatic carbocycles. The second-order valence-electron chi connectivity index (χ2n) is 15.8. The molecule has 2 heterocycles. The van der Waals surface area contributed by atoms with Gasteiger partial charge in [-0.05, 0) is 56.6 Å². The molecule has 0 fully saturated rings. The lowest BCUT2D eigenvalue weighted by Crippen LogP contribution is -2.68. The van der Waals surface area contributed by atoms with Crippen LogP contribution >= 0.6 is 0 Å². The van der Waals surface area contributed by atoms with Crippen molar-refractivity contribution in [1.82, 2.24) is 4.57 Å². The van der Waals surface area contributed by atoms with E-state index in [0.29, 0.717) is 12.5 Å². The Bertz CT molecular complexity index is 1870. The molecule has 0 radical (unpaired) electrons. The summed E-state index contributed by atoms with van der Waals surface area (Å²) in [5.74, 6) is -0.446. The van der Waals surface area contributed by atoms with Crippen LogP contribution in [0.25, 0.3) is 10.9 Å². The van der Waals surface area contributed by atoms with E-state index in [2.05, 4.69) is 139 Å². The van der Waals surface area contributed by atoms with E-state index in [1.54, 1.807) is 11.5 Å². The van der Waals surface area contributed by atoms with E-state index < -0.39 is 14.0 Å². The zero-order chi connectivity index (χ0) is 35.7. The van der Waals surface area contributed by atoms with Crippen LogP contribution in [0.4, 0.5) is 0 Å². The van der Waals surface area contributed by atoms with Gasteiger partial charge in [-0.2, -0.15) is 0 Å². The van der Waals surface area contributed by atoms with E-state index in [1.807, 2.05) is 30.5 Å². The third-order valence-electron chi connectivity index (χ3n) is 9.98. The fourth-order valence-corrected chi connectivity index (χ4v) is 13.1. The minimum atomic E-state index is -2.73. The Morgan fingerprint density at radius 3 is 1.72 bits per heavy atom. The fourth-order valence-electron chi connectivity index (χ4n) is 8.20. The molecule has 1 aliphatic heterocycles. The summed E-state index contributed by atoms with van der Waals surface area (Å²) in [4.78, 5) is 27.1. The Labute approximate surface area is 298 Å². The summed E-state index contributed by atoms with van der Waals surface area (Å²) in [5.41, 5.74) is 1.29. The van der Waals surface area contributed by atoms with E-state index in [4.69, 9.17) is 9.47 Å². The molecule has 0 saturated heterocycles. The number of hydrogen-bond donors (Lipinski definition) is 0. The Hall–Kier alpha value is -4.68. The van der Waals surface area contributed by atoms with Gasteiger partial charge in [0.05, 0.1) is 11.6 Å². The predicted octanol–water partition coefficient (Wildman–Crippen LogP) is 8.23. The predicted molar refractivity (Wildman–Crippen MR) is 206 cm³/mol. The summed E-state index contributed by atoms with van der Waals surface area (Å²) in [5, 5.41) is 4.84. The van der Waals surface area contributed by atoms with Crippen LogP contribution in [0.5, 0.6) is 0 Å². The van der Waals surface area contributed by atoms with Crippen LogP contribution in [-0.4, -0.2) is 36.7 Å². The number of nitrogens with zero attached hydrogens (tertiary/aromatic N) is 1. The van der Waals surface area contributed by atoms with E-state index >= 15 is 0 Å². The maximum absolute atomic E-state index is 14.3. The SMILES string of the molecule is CC(=O)n1cc([C@@H]2C=C(C(=O)OC(C(C)(C)C)C(C)(C)C)O[C@H](C[Si](c3ccccc3)(c3ccccc3)c3ccccc3)C2)c2ccccc21. The van der Waals surface area contributed by atoms with Gasteiger partial charge in [-0.15, -0.1) is 0 Å². The maximum atomic E-state index is 14.3. The molecule has 0 amide bonds. The highest BCUT2D eigenvalue weighted by atomic mass is 28.3. The number of hydrogen-bond acceptors (Lipinski definition) is 4. The van der Waals surface area contributed by atoms with Gasteiger partial charge in [-0.3, -0.25) is 9.36 Å². The summed E-state index contributed by atoms with van der Waals surface area (Å²) >= 11 is 0. The van der Waals surface area contributed by atoms with Crippen molar-refractivity contribution in [2.24, 2.45) is 10.8 Å². The molecule has 0 spiro atoms. The van der Waals surface area contributed by atoms with Crippen LogP contribution in [0.2, 0.25) is 6.04 Å². The molecule has 2 atom stereocenters. The third kappa shape index (κ3) is 6.99. The van der Waals surface area contributed by atoms with Gasteiger partial charge in [-0.1, -0.05) is 151 Å². The second-order valence-corrected chi connectivity index (χ2v) is 19.8. The van der Waals surface area contributed by atoms with Gasteiger partial charge in [0.15, 0.2) is 8.07 Å². The molecule has 5 nitrogen and oxygen atoms in total. The van der Waals surface area contributed by atoms with Crippen LogP contribution < -0.4 is 15.6 Å². The van der Waals surface area contributed by atoms with Crippen LogP contribution in [-0.2, 0) is 14.3 Å². The van der Waals surface area contributed by atoms with Gasteiger partial charge in [0.2, 0.25) is 11.7 Å². The van der Waals surface area contributed by atoms with Crippen molar-refractivity contribution in [2.45, 2.75) is 79.1 Å². The normalized spacial score (nSPS) is 16.9. The van der Waals surface area contributed by atoms with Crippen LogP contribution in [0, 0.1) is 10.8 Å². The topological polar surface area (TPSA) is 57.5 Å². The highest BCUT2D eigenvalue weighted by Crippen LogP contribution is 2.41. The Balaban J connectivity index is 1.50. The van der Waals surface area contributed by atoms with Crippen LogP contribution in [0.15, 0.2) is 133 Å². The molecule has 50 heavy (non-hydrogen) atoms. The van der Waals surface area contributed by atoms with E-state index in [9.17, 15) is 9.59 Å². The number of esters is 1. The average molecular weight is 684 g/mol. The molecule has 5 aromatic rings. The van der Waals surface area contributed by atoms with E-state index in [0.717, 1.165) is 16.5 Å². The summed E-state index contributed by atoms with van der Waals surface area (Å²) < 4.78 is 15.0. The first-order valence-electron chi connectivity index (χ1n) is 17.7. The standard InChI is InChI=1S/C44H49NO4Si/c1-31(46)45-29-38(37-25-17-18-26-39(37)45)32-27-33(48-40(28-32)41(47)49-42(43(2,3)4)44(5,6)7)30-50(34-19-11-8-12-20-34,35-21-13-9-14-22-35)36-23-15-10-16-24-36/h8-26,28-29,32-33,42H,27,30H2,1-7H3/t32-,33-/m0/s1. The number of fused-ring (bicyclic) bond motifs is 1. The number of rotatable bonds is 8. The van der Waals surface area contributed by atoms with Crippen molar-refractivity contribution < 1.29 is 19.1 Å². The van der Waals surface area contributed by atoms with Crippen LogP contribution in [0.1, 0.15) is 71.2 Å². The zero-order valence-electron chi connectivity index (χ0n) is 30.4. The first-order valence-corrected chi connectivity index (χ1v) is 19.9. The van der Waals surface area contributed by atoms with E-state index in [1.165, 1.54) is 15.6 Å². The van der Waals surface area contributed by atoms with Crippen molar-refractivity contribution in [1.29, 1.82) is 0 Å². The highest BCUT2D eigenvalue weighted by Gasteiger charge is 2.45. The Morgan fingerprint density at radius 2 is 1.24 bits per heavy atom. The van der Waals surface area contributed by atoms with E-state index in [-0.39, 0.29) is 40.6 Å². The average Bonchev–Trinajstić information content (AvgIpc) is 3.50. The zero-order valence-corrected chi connectivity index (χ0v) is 31.4. The molecule has 0 unspecified atom stereocenters. The van der Waals surface area contributed by atoms with Gasteiger partial charge in [0.1, 0.15) is 6.10 Å². The molecular weight excluding hydrogens is 635 g/mol. The molecule has 6 heteroatoms. The third-order valence-corrected chi connectivity index (χ3v) is 15.0. The molecule has 1 aromatic heterocycles. The largest absolute Gasteiger partial charge is 0.484 e. The van der Waals surface area contributed by atoms with Crippen molar-refractivity contribution in [2.75, 3.05) is 0 Å². The summed E-state index contributed by atoms with van der Waals surface area (Å²) in [7, 11) is -2.73. The molecule has 1 aliphatic rings. The highest BCUT2D eigenvalue weighted by molar-refractivity contribution is 7.11.